The summed E-state index contributed by atoms with van der Waals surface area (Å²) in [7, 11) is 0. The van der Waals surface area contributed by atoms with Crippen molar-refractivity contribution in [3.63, 3.8) is 0 Å². The van der Waals surface area contributed by atoms with Crippen LogP contribution in [0.3, 0.4) is 0 Å². The number of benzene rings is 1. The largest absolute Gasteiger partial charge is 0.341 e. The highest BCUT2D eigenvalue weighted by molar-refractivity contribution is 7.99. The van der Waals surface area contributed by atoms with Gasteiger partial charge in [-0.3, -0.25) is 9.59 Å². The molecule has 3 rings (SSSR count). The van der Waals surface area contributed by atoms with Gasteiger partial charge in [-0.1, -0.05) is 6.07 Å². The van der Waals surface area contributed by atoms with E-state index in [9.17, 15) is 9.59 Å². The highest BCUT2D eigenvalue weighted by Gasteiger charge is 2.38. The van der Waals surface area contributed by atoms with Crippen LogP contribution in [0.5, 0.6) is 0 Å². The number of aryl methyl sites for hydroxylation is 2. The first-order chi connectivity index (χ1) is 10.6. The van der Waals surface area contributed by atoms with Gasteiger partial charge in [0.2, 0.25) is 5.91 Å². The van der Waals surface area contributed by atoms with E-state index in [0.717, 1.165) is 31.5 Å². The van der Waals surface area contributed by atoms with E-state index in [1.165, 1.54) is 5.56 Å². The highest BCUT2D eigenvalue weighted by Crippen LogP contribution is 2.26. The van der Waals surface area contributed by atoms with Crippen LogP contribution in [-0.4, -0.2) is 52.4 Å². The second kappa shape index (κ2) is 6.32. The Morgan fingerprint density at radius 2 is 1.86 bits per heavy atom. The average Bonchev–Trinajstić information content (AvgIpc) is 3.19. The third-order valence-corrected chi connectivity index (χ3v) is 5.61. The summed E-state index contributed by atoms with van der Waals surface area (Å²) in [5.74, 6) is 1.42. The molecule has 5 heteroatoms. The quantitative estimate of drug-likeness (QED) is 0.841. The van der Waals surface area contributed by atoms with E-state index in [0.29, 0.717) is 17.2 Å². The number of carbonyl (C=O) groups excluding carboxylic acids is 2. The fourth-order valence-corrected chi connectivity index (χ4v) is 4.18. The molecular weight excluding hydrogens is 296 g/mol. The highest BCUT2D eigenvalue weighted by atomic mass is 32.2. The Kier molecular flexibility index (Phi) is 4.43. The zero-order valence-electron chi connectivity index (χ0n) is 13.2. The molecule has 0 saturated carbocycles. The number of hydrogen-bond acceptors (Lipinski definition) is 3. The minimum atomic E-state index is -0.294. The molecule has 0 spiro atoms. The minimum absolute atomic E-state index is 0.0225. The molecule has 1 unspecified atom stereocenters. The van der Waals surface area contributed by atoms with Gasteiger partial charge in [0.25, 0.3) is 5.91 Å². The van der Waals surface area contributed by atoms with Crippen molar-refractivity contribution < 1.29 is 9.59 Å². The van der Waals surface area contributed by atoms with Crippen LogP contribution in [0, 0.1) is 13.8 Å². The molecule has 2 amide bonds. The monoisotopic (exact) mass is 318 g/mol. The summed E-state index contributed by atoms with van der Waals surface area (Å²) >= 11 is 1.67. The number of likely N-dealkylation sites (tertiary alicyclic amines) is 1. The van der Waals surface area contributed by atoms with Gasteiger partial charge in [0, 0.05) is 24.4 Å². The summed E-state index contributed by atoms with van der Waals surface area (Å²) < 4.78 is 0. The van der Waals surface area contributed by atoms with Crippen molar-refractivity contribution in [2.75, 3.05) is 24.7 Å². The Bertz CT molecular complexity index is 596. The van der Waals surface area contributed by atoms with Crippen LogP contribution < -0.4 is 0 Å². The summed E-state index contributed by atoms with van der Waals surface area (Å²) in [5.41, 5.74) is 2.97. The molecule has 1 atom stereocenters. The van der Waals surface area contributed by atoms with Crippen molar-refractivity contribution in [1.82, 2.24) is 9.80 Å². The molecule has 2 saturated heterocycles. The molecule has 22 heavy (non-hydrogen) atoms. The second-order valence-corrected chi connectivity index (χ2v) is 7.12. The van der Waals surface area contributed by atoms with E-state index in [1.54, 1.807) is 16.7 Å². The van der Waals surface area contributed by atoms with Crippen LogP contribution >= 0.6 is 11.8 Å². The lowest BCUT2D eigenvalue weighted by Crippen LogP contribution is -2.48. The van der Waals surface area contributed by atoms with Gasteiger partial charge in [0.15, 0.2) is 0 Å². The number of rotatable bonds is 2. The summed E-state index contributed by atoms with van der Waals surface area (Å²) in [4.78, 5) is 29.1. The molecule has 0 aliphatic carbocycles. The van der Waals surface area contributed by atoms with Crippen molar-refractivity contribution in [3.05, 3.63) is 34.9 Å². The van der Waals surface area contributed by atoms with E-state index in [1.807, 2.05) is 36.9 Å². The van der Waals surface area contributed by atoms with Gasteiger partial charge in [-0.25, -0.2) is 0 Å². The third kappa shape index (κ3) is 2.86. The zero-order chi connectivity index (χ0) is 15.7. The fraction of sp³-hybridized carbons (Fsp3) is 0.529. The lowest BCUT2D eigenvalue weighted by Gasteiger charge is -2.27. The molecule has 2 aliphatic rings. The molecule has 1 aromatic carbocycles. The molecule has 0 bridgehead atoms. The van der Waals surface area contributed by atoms with Gasteiger partial charge in [-0.2, -0.15) is 0 Å². The fourth-order valence-electron chi connectivity index (χ4n) is 3.04. The molecule has 1 aromatic rings. The van der Waals surface area contributed by atoms with Crippen molar-refractivity contribution in [1.29, 1.82) is 0 Å². The summed E-state index contributed by atoms with van der Waals surface area (Å²) in [5, 5.41) is 0. The molecule has 118 valence electrons. The molecule has 2 heterocycles. The van der Waals surface area contributed by atoms with Gasteiger partial charge in [-0.15, -0.1) is 11.8 Å². The van der Waals surface area contributed by atoms with Crippen molar-refractivity contribution >= 4 is 23.6 Å². The van der Waals surface area contributed by atoms with E-state index in [4.69, 9.17) is 0 Å². The third-order valence-electron chi connectivity index (χ3n) is 4.60. The van der Waals surface area contributed by atoms with Crippen LogP contribution in [0.4, 0.5) is 0 Å². The van der Waals surface area contributed by atoms with E-state index in [-0.39, 0.29) is 17.9 Å². The van der Waals surface area contributed by atoms with Gasteiger partial charge < -0.3 is 9.80 Å². The smallest absolute Gasteiger partial charge is 0.255 e. The number of nitrogens with zero attached hydrogens (tertiary/aromatic N) is 2. The predicted molar refractivity (Wildman–Crippen MR) is 89.0 cm³/mol. The van der Waals surface area contributed by atoms with E-state index in [2.05, 4.69) is 0 Å². The van der Waals surface area contributed by atoms with Crippen LogP contribution in [0.25, 0.3) is 0 Å². The van der Waals surface area contributed by atoms with Crippen LogP contribution in [-0.2, 0) is 4.79 Å². The summed E-state index contributed by atoms with van der Waals surface area (Å²) in [6.45, 7) is 5.73. The predicted octanol–water partition coefficient (Wildman–Crippen LogP) is 2.44. The first kappa shape index (κ1) is 15.4. The maximum atomic E-state index is 12.8. The number of thioether (sulfide) groups is 1. The SMILES string of the molecule is Cc1ccc(C(=O)N2CSCC2C(=O)N2CCCC2)cc1C. The van der Waals surface area contributed by atoms with Gasteiger partial charge in [-0.05, 0) is 49.9 Å². The second-order valence-electron chi connectivity index (χ2n) is 6.12. The van der Waals surface area contributed by atoms with E-state index >= 15 is 0 Å². The first-order valence-corrected chi connectivity index (χ1v) is 8.98. The summed E-state index contributed by atoms with van der Waals surface area (Å²) in [6, 6.07) is 5.48. The van der Waals surface area contributed by atoms with E-state index < -0.39 is 0 Å². The Morgan fingerprint density at radius 3 is 2.55 bits per heavy atom. The molecule has 0 radical (unpaired) electrons. The molecule has 2 fully saturated rings. The van der Waals surface area contributed by atoms with Gasteiger partial charge in [0.1, 0.15) is 6.04 Å². The number of carbonyl (C=O) groups is 2. The summed E-state index contributed by atoms with van der Waals surface area (Å²) in [6.07, 6.45) is 2.16. The van der Waals surface area contributed by atoms with Crippen LogP contribution in [0.2, 0.25) is 0 Å². The van der Waals surface area contributed by atoms with Gasteiger partial charge >= 0.3 is 0 Å². The maximum absolute atomic E-state index is 12.8. The number of amides is 2. The Hall–Kier alpha value is -1.49. The van der Waals surface area contributed by atoms with Crippen molar-refractivity contribution in [2.24, 2.45) is 0 Å². The number of hydrogen-bond donors (Lipinski definition) is 0. The molecule has 4 nitrogen and oxygen atoms in total. The minimum Gasteiger partial charge on any atom is -0.341 e. The van der Waals surface area contributed by atoms with Crippen molar-refractivity contribution in [2.45, 2.75) is 32.7 Å². The Labute approximate surface area is 135 Å². The molecule has 2 aliphatic heterocycles. The van der Waals surface area contributed by atoms with Crippen molar-refractivity contribution in [3.8, 4) is 0 Å². The van der Waals surface area contributed by atoms with Crippen LogP contribution in [0.1, 0.15) is 34.3 Å². The lowest BCUT2D eigenvalue weighted by molar-refractivity contribution is -0.133. The van der Waals surface area contributed by atoms with Crippen LogP contribution in [0.15, 0.2) is 18.2 Å². The standard InChI is InChI=1S/C17H22N2O2S/c1-12-5-6-14(9-13(12)2)16(20)19-11-22-10-15(19)17(21)18-7-3-4-8-18/h5-6,9,15H,3-4,7-8,10-11H2,1-2H3. The topological polar surface area (TPSA) is 40.6 Å². The Morgan fingerprint density at radius 1 is 1.14 bits per heavy atom. The first-order valence-electron chi connectivity index (χ1n) is 7.82. The molecule has 0 N–H and O–H groups in total. The Balaban J connectivity index is 1.78. The molecular formula is C17H22N2O2S. The molecule has 0 aromatic heterocycles. The maximum Gasteiger partial charge on any atom is 0.255 e. The normalized spacial score (nSPS) is 21.5. The lowest BCUT2D eigenvalue weighted by atomic mass is 10.1. The van der Waals surface area contributed by atoms with Gasteiger partial charge in [0.05, 0.1) is 5.88 Å². The average molecular weight is 318 g/mol. The zero-order valence-corrected chi connectivity index (χ0v) is 14.0.